The van der Waals surface area contributed by atoms with Gasteiger partial charge < -0.3 is 9.84 Å². The molecule has 0 radical (unpaired) electrons. The van der Waals surface area contributed by atoms with Gasteiger partial charge in [0, 0.05) is 17.0 Å². The van der Waals surface area contributed by atoms with Crippen LogP contribution in [0.15, 0.2) is 24.4 Å². The van der Waals surface area contributed by atoms with Crippen molar-refractivity contribution in [3.8, 4) is 5.88 Å². The maximum absolute atomic E-state index is 11.1. The minimum atomic E-state index is -0.977. The number of methoxy groups -OCH3 is 1. The molecule has 0 bridgehead atoms. The second-order valence-electron chi connectivity index (χ2n) is 3.72. The van der Waals surface area contributed by atoms with E-state index in [1.54, 1.807) is 0 Å². The lowest BCUT2D eigenvalue weighted by molar-refractivity contribution is 0.0698. The number of rotatable bonds is 3. The molecular weight excluding hydrogens is 218 g/mol. The predicted molar refractivity (Wildman–Crippen MR) is 64.6 cm³/mol. The Balaban J connectivity index is 2.79. The van der Waals surface area contributed by atoms with E-state index in [-0.39, 0.29) is 5.56 Å². The van der Waals surface area contributed by atoms with Gasteiger partial charge in [-0.05, 0) is 18.1 Å². The lowest BCUT2D eigenvalue weighted by Crippen LogP contribution is -2.01. The molecule has 1 heterocycles. The fourth-order valence-electron chi connectivity index (χ4n) is 1.82. The van der Waals surface area contributed by atoms with Crippen molar-refractivity contribution in [3.05, 3.63) is 35.5 Å². The molecule has 2 aromatic rings. The number of pyridine rings is 1. The molecule has 0 aliphatic heterocycles. The maximum Gasteiger partial charge on any atom is 0.337 e. The predicted octanol–water partition coefficient (Wildman–Crippen LogP) is 2.50. The second kappa shape index (κ2) is 4.41. The van der Waals surface area contributed by atoms with E-state index in [0.717, 1.165) is 17.4 Å². The molecule has 1 aromatic carbocycles. The number of aromatic nitrogens is 1. The van der Waals surface area contributed by atoms with Gasteiger partial charge in [0.2, 0.25) is 5.88 Å². The number of hydrogen-bond acceptors (Lipinski definition) is 3. The SMILES string of the molecule is CCc1ccc2c(C(=O)O)cnc(OC)c2c1. The van der Waals surface area contributed by atoms with E-state index >= 15 is 0 Å². The van der Waals surface area contributed by atoms with Gasteiger partial charge in [-0.1, -0.05) is 19.1 Å². The lowest BCUT2D eigenvalue weighted by Gasteiger charge is -2.08. The summed E-state index contributed by atoms with van der Waals surface area (Å²) < 4.78 is 5.16. The number of hydrogen-bond donors (Lipinski definition) is 1. The average Bonchev–Trinajstić information content (AvgIpc) is 2.36. The summed E-state index contributed by atoms with van der Waals surface area (Å²) in [4.78, 5) is 15.1. The zero-order valence-corrected chi connectivity index (χ0v) is 9.73. The van der Waals surface area contributed by atoms with E-state index in [1.165, 1.54) is 13.3 Å². The Kier molecular flexibility index (Phi) is 2.95. The van der Waals surface area contributed by atoms with Crippen LogP contribution in [0.3, 0.4) is 0 Å². The molecule has 1 aromatic heterocycles. The Hall–Kier alpha value is -2.10. The number of benzene rings is 1. The van der Waals surface area contributed by atoms with Crippen molar-refractivity contribution in [1.29, 1.82) is 0 Å². The second-order valence-corrected chi connectivity index (χ2v) is 3.72. The van der Waals surface area contributed by atoms with Gasteiger partial charge in [0.15, 0.2) is 0 Å². The largest absolute Gasteiger partial charge is 0.481 e. The summed E-state index contributed by atoms with van der Waals surface area (Å²) in [6.07, 6.45) is 2.21. The van der Waals surface area contributed by atoms with Crippen molar-refractivity contribution in [1.82, 2.24) is 4.98 Å². The Bertz CT molecular complexity index is 578. The molecule has 0 aliphatic carbocycles. The van der Waals surface area contributed by atoms with Gasteiger partial charge >= 0.3 is 5.97 Å². The Morgan fingerprint density at radius 3 is 2.76 bits per heavy atom. The van der Waals surface area contributed by atoms with Crippen LogP contribution in [0.25, 0.3) is 10.8 Å². The molecule has 88 valence electrons. The molecule has 0 spiro atoms. The van der Waals surface area contributed by atoms with Crippen LogP contribution in [0.1, 0.15) is 22.8 Å². The third kappa shape index (κ3) is 1.93. The van der Waals surface area contributed by atoms with Crippen LogP contribution < -0.4 is 4.74 Å². The molecule has 0 aliphatic rings. The molecule has 4 heteroatoms. The van der Waals surface area contributed by atoms with E-state index in [4.69, 9.17) is 9.84 Å². The molecule has 4 nitrogen and oxygen atoms in total. The number of ether oxygens (including phenoxy) is 1. The average molecular weight is 231 g/mol. The standard InChI is InChI=1S/C13H13NO3/c1-3-8-4-5-9-10(6-8)12(17-2)14-7-11(9)13(15)16/h4-7H,3H2,1-2H3,(H,15,16). The van der Waals surface area contributed by atoms with E-state index in [9.17, 15) is 4.79 Å². The van der Waals surface area contributed by atoms with E-state index in [0.29, 0.717) is 11.3 Å². The maximum atomic E-state index is 11.1. The highest BCUT2D eigenvalue weighted by atomic mass is 16.5. The Labute approximate surface area is 98.9 Å². The van der Waals surface area contributed by atoms with Crippen molar-refractivity contribution >= 4 is 16.7 Å². The summed E-state index contributed by atoms with van der Waals surface area (Å²) in [6, 6.07) is 5.66. The Morgan fingerprint density at radius 1 is 1.41 bits per heavy atom. The quantitative estimate of drug-likeness (QED) is 0.881. The highest BCUT2D eigenvalue weighted by Gasteiger charge is 2.13. The van der Waals surface area contributed by atoms with Crippen LogP contribution in [-0.2, 0) is 6.42 Å². The first-order valence-corrected chi connectivity index (χ1v) is 5.36. The van der Waals surface area contributed by atoms with Crippen LogP contribution in [0.5, 0.6) is 5.88 Å². The summed E-state index contributed by atoms with van der Waals surface area (Å²) in [7, 11) is 1.53. The minimum Gasteiger partial charge on any atom is -0.481 e. The molecule has 2 rings (SSSR count). The molecule has 0 amide bonds. The number of carbonyl (C=O) groups is 1. The van der Waals surface area contributed by atoms with Crippen LogP contribution in [0.2, 0.25) is 0 Å². The number of carboxylic acid groups (broad SMARTS) is 1. The highest BCUT2D eigenvalue weighted by molar-refractivity contribution is 6.04. The molecule has 1 N–H and O–H groups in total. The first-order valence-electron chi connectivity index (χ1n) is 5.36. The monoisotopic (exact) mass is 231 g/mol. The molecule has 0 unspecified atom stereocenters. The summed E-state index contributed by atoms with van der Waals surface area (Å²) in [6.45, 7) is 2.04. The van der Waals surface area contributed by atoms with Crippen LogP contribution in [0, 0.1) is 0 Å². The van der Waals surface area contributed by atoms with Crippen molar-refractivity contribution in [2.45, 2.75) is 13.3 Å². The molecule has 0 saturated heterocycles. The summed E-state index contributed by atoms with van der Waals surface area (Å²) in [5.74, 6) is -0.519. The topological polar surface area (TPSA) is 59.4 Å². The first kappa shape index (κ1) is 11.4. The summed E-state index contributed by atoms with van der Waals surface area (Å²) in [5.41, 5.74) is 1.32. The van der Waals surface area contributed by atoms with Crippen molar-refractivity contribution in [2.24, 2.45) is 0 Å². The third-order valence-electron chi connectivity index (χ3n) is 2.75. The molecule has 0 saturated carbocycles. The fraction of sp³-hybridized carbons (Fsp3) is 0.231. The van der Waals surface area contributed by atoms with Gasteiger partial charge in [0.1, 0.15) is 0 Å². The first-order chi connectivity index (χ1) is 8.17. The van der Waals surface area contributed by atoms with Gasteiger partial charge in [-0.15, -0.1) is 0 Å². The molecule has 17 heavy (non-hydrogen) atoms. The zero-order chi connectivity index (χ0) is 12.4. The van der Waals surface area contributed by atoms with Gasteiger partial charge in [-0.3, -0.25) is 0 Å². The van der Waals surface area contributed by atoms with E-state index in [2.05, 4.69) is 4.98 Å². The van der Waals surface area contributed by atoms with E-state index < -0.39 is 5.97 Å². The zero-order valence-electron chi connectivity index (χ0n) is 9.73. The smallest absolute Gasteiger partial charge is 0.337 e. The summed E-state index contributed by atoms with van der Waals surface area (Å²) in [5, 5.41) is 10.5. The Morgan fingerprint density at radius 2 is 2.18 bits per heavy atom. The lowest BCUT2D eigenvalue weighted by atomic mass is 10.0. The third-order valence-corrected chi connectivity index (χ3v) is 2.75. The van der Waals surface area contributed by atoms with Crippen LogP contribution >= 0.6 is 0 Å². The fourth-order valence-corrected chi connectivity index (χ4v) is 1.82. The summed E-state index contributed by atoms with van der Waals surface area (Å²) >= 11 is 0. The molecular formula is C13H13NO3. The van der Waals surface area contributed by atoms with Crippen molar-refractivity contribution in [2.75, 3.05) is 7.11 Å². The number of nitrogens with zero attached hydrogens (tertiary/aromatic N) is 1. The molecule has 0 atom stereocenters. The van der Waals surface area contributed by atoms with Gasteiger partial charge in [0.05, 0.1) is 12.7 Å². The van der Waals surface area contributed by atoms with E-state index in [1.807, 2.05) is 25.1 Å². The minimum absolute atomic E-state index is 0.198. The van der Waals surface area contributed by atoms with Crippen LogP contribution in [0.4, 0.5) is 0 Å². The number of fused-ring (bicyclic) bond motifs is 1. The number of aromatic carboxylic acids is 1. The number of carboxylic acids is 1. The number of aryl methyl sites for hydroxylation is 1. The van der Waals surface area contributed by atoms with Gasteiger partial charge in [0.25, 0.3) is 0 Å². The van der Waals surface area contributed by atoms with Crippen molar-refractivity contribution < 1.29 is 14.6 Å². The van der Waals surface area contributed by atoms with Crippen LogP contribution in [-0.4, -0.2) is 23.2 Å². The normalized spacial score (nSPS) is 10.5. The van der Waals surface area contributed by atoms with Gasteiger partial charge in [-0.2, -0.15) is 0 Å². The van der Waals surface area contributed by atoms with Crippen molar-refractivity contribution in [3.63, 3.8) is 0 Å². The van der Waals surface area contributed by atoms with Gasteiger partial charge in [-0.25, -0.2) is 9.78 Å². The molecule has 0 fully saturated rings. The highest BCUT2D eigenvalue weighted by Crippen LogP contribution is 2.27.